The molecule has 6 heteroatoms. The lowest BCUT2D eigenvalue weighted by molar-refractivity contribution is 0.0538. The van der Waals surface area contributed by atoms with Gasteiger partial charge in [0.2, 0.25) is 0 Å². The van der Waals surface area contributed by atoms with Gasteiger partial charge in [-0.1, -0.05) is 0 Å². The van der Waals surface area contributed by atoms with Gasteiger partial charge in [0, 0.05) is 31.2 Å². The van der Waals surface area contributed by atoms with Crippen LogP contribution in [0.2, 0.25) is 0 Å². The van der Waals surface area contributed by atoms with Crippen molar-refractivity contribution in [3.05, 3.63) is 53.5 Å². The second kappa shape index (κ2) is 7.56. The molecule has 27 heavy (non-hydrogen) atoms. The van der Waals surface area contributed by atoms with Crippen molar-refractivity contribution >= 4 is 11.7 Å². The van der Waals surface area contributed by atoms with E-state index < -0.39 is 0 Å². The average molecular weight is 368 g/mol. The van der Waals surface area contributed by atoms with Crippen molar-refractivity contribution in [2.75, 3.05) is 26.2 Å². The number of benzene rings is 1. The fourth-order valence-corrected chi connectivity index (χ4v) is 3.84. The van der Waals surface area contributed by atoms with Crippen LogP contribution in [0.5, 0.6) is 5.75 Å². The van der Waals surface area contributed by atoms with Gasteiger partial charge in [-0.2, -0.15) is 0 Å². The van der Waals surface area contributed by atoms with Crippen molar-refractivity contribution in [1.29, 1.82) is 0 Å². The monoisotopic (exact) mass is 368 g/mol. The second-order valence-electron chi connectivity index (χ2n) is 7.22. The third-order valence-corrected chi connectivity index (χ3v) is 5.39. The molecule has 1 atom stereocenters. The first-order valence-electron chi connectivity index (χ1n) is 9.46. The van der Waals surface area contributed by atoms with Crippen molar-refractivity contribution in [2.24, 2.45) is 0 Å². The summed E-state index contributed by atoms with van der Waals surface area (Å²) in [6.07, 6.45) is 2.39. The highest BCUT2D eigenvalue weighted by Crippen LogP contribution is 2.23. The fraction of sp³-hybridized carbons (Fsp3) is 0.429. The van der Waals surface area contributed by atoms with Crippen molar-refractivity contribution in [1.82, 2.24) is 9.80 Å². The van der Waals surface area contributed by atoms with Crippen LogP contribution < -0.4 is 4.74 Å². The molecule has 0 spiro atoms. The molecule has 1 aromatic carbocycles. The Hall–Kier alpha value is -2.60. The van der Waals surface area contributed by atoms with Crippen LogP contribution in [-0.4, -0.2) is 53.7 Å². The van der Waals surface area contributed by atoms with E-state index in [2.05, 4.69) is 4.90 Å². The minimum atomic E-state index is -0.0430. The molecule has 4 rings (SSSR count). The number of carbonyl (C=O) groups is 2. The van der Waals surface area contributed by atoms with Gasteiger partial charge in [-0.05, 0) is 62.7 Å². The summed E-state index contributed by atoms with van der Waals surface area (Å²) in [7, 11) is 0. The summed E-state index contributed by atoms with van der Waals surface area (Å²) in [6, 6.07) is 11.0. The number of rotatable bonds is 5. The number of piperazine rings is 1. The Labute approximate surface area is 158 Å². The quantitative estimate of drug-likeness (QED) is 0.759. The second-order valence-corrected chi connectivity index (χ2v) is 7.22. The first-order chi connectivity index (χ1) is 13.1. The Morgan fingerprint density at radius 3 is 2.70 bits per heavy atom. The number of hydrogen-bond donors (Lipinski definition) is 0. The van der Waals surface area contributed by atoms with E-state index in [4.69, 9.17) is 9.15 Å². The largest absolute Gasteiger partial charge is 0.486 e. The first-order valence-corrected chi connectivity index (χ1v) is 9.46. The van der Waals surface area contributed by atoms with Crippen molar-refractivity contribution in [3.63, 3.8) is 0 Å². The molecule has 0 N–H and O–H groups in total. The predicted molar refractivity (Wildman–Crippen MR) is 100.0 cm³/mol. The first kappa shape index (κ1) is 17.8. The number of amides is 1. The van der Waals surface area contributed by atoms with E-state index in [0.29, 0.717) is 28.9 Å². The summed E-state index contributed by atoms with van der Waals surface area (Å²) in [4.78, 5) is 28.4. The molecule has 2 aliphatic rings. The molecule has 0 bridgehead atoms. The zero-order valence-electron chi connectivity index (χ0n) is 15.5. The number of furan rings is 1. The van der Waals surface area contributed by atoms with E-state index in [1.54, 1.807) is 36.4 Å². The van der Waals surface area contributed by atoms with Crippen LogP contribution in [0.3, 0.4) is 0 Å². The number of ether oxygens (including phenoxy) is 1. The standard InChI is InChI=1S/C21H24N2O4/c1-15(24)16-4-6-18(7-5-16)26-14-19-8-9-20(27-19)21(25)23-12-11-22-10-2-3-17(22)13-23/h4-9,17H,2-3,10-14H2,1H3/t17-/m0/s1. The maximum Gasteiger partial charge on any atom is 0.289 e. The summed E-state index contributed by atoms with van der Waals surface area (Å²) in [5, 5.41) is 0. The van der Waals surface area contributed by atoms with Crippen molar-refractivity contribution in [3.8, 4) is 5.75 Å². The van der Waals surface area contributed by atoms with Crippen LogP contribution >= 0.6 is 0 Å². The van der Waals surface area contributed by atoms with Gasteiger partial charge >= 0.3 is 0 Å². The SMILES string of the molecule is CC(=O)c1ccc(OCc2ccc(C(=O)N3CCN4CCC[C@H]4C3)o2)cc1. The van der Waals surface area contributed by atoms with Gasteiger partial charge in [-0.15, -0.1) is 0 Å². The van der Waals surface area contributed by atoms with Gasteiger partial charge in [0.1, 0.15) is 18.1 Å². The third kappa shape index (κ3) is 3.90. The molecule has 2 fully saturated rings. The molecule has 0 aliphatic carbocycles. The topological polar surface area (TPSA) is 63.0 Å². The summed E-state index contributed by atoms with van der Waals surface area (Å²) in [6.45, 7) is 5.41. The number of ketones is 1. The Bertz CT molecular complexity index is 827. The van der Waals surface area contributed by atoms with Crippen molar-refractivity contribution < 1.29 is 18.7 Å². The summed E-state index contributed by atoms with van der Waals surface area (Å²) in [5.41, 5.74) is 0.649. The molecular formula is C21H24N2O4. The van der Waals surface area contributed by atoms with Crippen molar-refractivity contribution in [2.45, 2.75) is 32.4 Å². The predicted octanol–water partition coefficient (Wildman–Crippen LogP) is 2.98. The highest BCUT2D eigenvalue weighted by Gasteiger charge is 2.33. The minimum absolute atomic E-state index is 0.0224. The third-order valence-electron chi connectivity index (χ3n) is 5.39. The van der Waals surface area contributed by atoms with E-state index in [-0.39, 0.29) is 18.3 Å². The molecule has 2 aromatic rings. The molecule has 0 radical (unpaired) electrons. The Kier molecular flexibility index (Phi) is 4.99. The van der Waals surface area contributed by atoms with Gasteiger partial charge < -0.3 is 14.1 Å². The van der Waals surface area contributed by atoms with Crippen LogP contribution in [0.15, 0.2) is 40.8 Å². The molecule has 2 aliphatic heterocycles. The van der Waals surface area contributed by atoms with Gasteiger partial charge in [-0.3, -0.25) is 14.5 Å². The van der Waals surface area contributed by atoms with Crippen LogP contribution in [0, 0.1) is 0 Å². The van der Waals surface area contributed by atoms with Crippen LogP contribution in [0.25, 0.3) is 0 Å². The molecule has 0 saturated carbocycles. The van der Waals surface area contributed by atoms with E-state index in [9.17, 15) is 9.59 Å². The maximum absolute atomic E-state index is 12.7. The smallest absolute Gasteiger partial charge is 0.289 e. The van der Waals surface area contributed by atoms with E-state index in [1.807, 2.05) is 4.90 Å². The number of carbonyl (C=O) groups excluding carboxylic acids is 2. The Morgan fingerprint density at radius 1 is 1.11 bits per heavy atom. The lowest BCUT2D eigenvalue weighted by Crippen LogP contribution is -2.51. The molecule has 2 saturated heterocycles. The van der Waals surface area contributed by atoms with Gasteiger partial charge in [0.15, 0.2) is 11.5 Å². The lowest BCUT2D eigenvalue weighted by Gasteiger charge is -2.37. The summed E-state index contributed by atoms with van der Waals surface area (Å²) < 4.78 is 11.4. The maximum atomic E-state index is 12.7. The zero-order valence-corrected chi connectivity index (χ0v) is 15.5. The molecular weight excluding hydrogens is 344 g/mol. The number of nitrogens with zero attached hydrogens (tertiary/aromatic N) is 2. The van der Waals surface area contributed by atoms with Gasteiger partial charge in [-0.25, -0.2) is 0 Å². The molecule has 6 nitrogen and oxygen atoms in total. The summed E-state index contributed by atoms with van der Waals surface area (Å²) >= 11 is 0. The zero-order chi connectivity index (χ0) is 18.8. The van der Waals surface area contributed by atoms with E-state index in [1.165, 1.54) is 19.8 Å². The summed E-state index contributed by atoms with van der Waals surface area (Å²) in [5.74, 6) is 1.61. The van der Waals surface area contributed by atoms with E-state index >= 15 is 0 Å². The molecule has 142 valence electrons. The number of hydrogen-bond acceptors (Lipinski definition) is 5. The van der Waals surface area contributed by atoms with Crippen LogP contribution in [0.1, 0.15) is 46.4 Å². The van der Waals surface area contributed by atoms with Crippen LogP contribution in [-0.2, 0) is 6.61 Å². The normalized spacial score (nSPS) is 19.7. The fourth-order valence-electron chi connectivity index (χ4n) is 3.84. The van der Waals surface area contributed by atoms with Gasteiger partial charge in [0.25, 0.3) is 5.91 Å². The molecule has 1 aromatic heterocycles. The van der Waals surface area contributed by atoms with Crippen LogP contribution in [0.4, 0.5) is 0 Å². The van der Waals surface area contributed by atoms with E-state index in [0.717, 1.165) is 26.2 Å². The average Bonchev–Trinajstić information content (AvgIpc) is 3.34. The highest BCUT2D eigenvalue weighted by atomic mass is 16.5. The lowest BCUT2D eigenvalue weighted by atomic mass is 10.1. The Balaban J connectivity index is 1.34. The highest BCUT2D eigenvalue weighted by molar-refractivity contribution is 5.94. The van der Waals surface area contributed by atoms with Gasteiger partial charge in [0.05, 0.1) is 0 Å². The minimum Gasteiger partial charge on any atom is -0.486 e. The molecule has 1 amide bonds. The number of fused-ring (bicyclic) bond motifs is 1. The number of Topliss-reactive ketones (excluding diaryl/α,β-unsaturated/α-hetero) is 1. The molecule has 3 heterocycles. The Morgan fingerprint density at radius 2 is 1.93 bits per heavy atom. The molecule has 0 unspecified atom stereocenters.